The summed E-state index contributed by atoms with van der Waals surface area (Å²) in [4.78, 5) is 24.8. The van der Waals surface area contributed by atoms with Crippen molar-refractivity contribution in [2.24, 2.45) is 0 Å². The lowest BCUT2D eigenvalue weighted by Gasteiger charge is -2.18. The zero-order chi connectivity index (χ0) is 23.0. The molecule has 1 aromatic heterocycles. The van der Waals surface area contributed by atoms with Gasteiger partial charge < -0.3 is 10.6 Å². The molecule has 1 aliphatic rings. The maximum atomic E-state index is 13.9. The van der Waals surface area contributed by atoms with E-state index in [4.69, 9.17) is 0 Å². The first-order chi connectivity index (χ1) is 15.1. The number of nitrogens with one attached hydrogen (secondary N) is 3. The summed E-state index contributed by atoms with van der Waals surface area (Å²) < 4.78 is 28.6. The molecule has 3 amide bonds. The second-order valence-corrected chi connectivity index (χ2v) is 8.63. The standard InChI is InChI=1S/C23H23F2N5O2/c1-23(2,3)19-12-20(28-22(32)27-18-7-5-14(24)10-17(18)25)30(29-19)15-6-4-13-8-9-26-21(31)16(13)11-15/h4-7,10-12H,8-9H2,1-3H3,(H,26,31)(H2,27,28,32). The Kier molecular flexibility index (Phi) is 5.41. The van der Waals surface area contributed by atoms with Gasteiger partial charge in [0.25, 0.3) is 5.91 Å². The van der Waals surface area contributed by atoms with Gasteiger partial charge in [-0.05, 0) is 36.2 Å². The molecule has 0 aliphatic carbocycles. The summed E-state index contributed by atoms with van der Waals surface area (Å²) in [6.45, 7) is 6.54. The van der Waals surface area contributed by atoms with Gasteiger partial charge in [0.2, 0.25) is 0 Å². The topological polar surface area (TPSA) is 88.0 Å². The number of urea groups is 1. The summed E-state index contributed by atoms with van der Waals surface area (Å²) in [6.07, 6.45) is 0.741. The molecule has 4 rings (SSSR count). The van der Waals surface area contributed by atoms with Gasteiger partial charge in [-0.1, -0.05) is 26.8 Å². The quantitative estimate of drug-likeness (QED) is 0.566. The van der Waals surface area contributed by atoms with Gasteiger partial charge in [-0.3, -0.25) is 10.1 Å². The smallest absolute Gasteiger partial charge is 0.324 e. The van der Waals surface area contributed by atoms with Gasteiger partial charge in [-0.25, -0.2) is 18.3 Å². The van der Waals surface area contributed by atoms with Gasteiger partial charge in [-0.2, -0.15) is 5.10 Å². The van der Waals surface area contributed by atoms with Crippen molar-refractivity contribution in [3.63, 3.8) is 0 Å². The van der Waals surface area contributed by atoms with Gasteiger partial charge in [0.05, 0.1) is 17.1 Å². The molecule has 0 fully saturated rings. The van der Waals surface area contributed by atoms with Crippen LogP contribution in [0.25, 0.3) is 5.69 Å². The maximum Gasteiger partial charge on any atom is 0.324 e. The molecule has 2 heterocycles. The van der Waals surface area contributed by atoms with Gasteiger partial charge in [0.15, 0.2) is 0 Å². The summed E-state index contributed by atoms with van der Waals surface area (Å²) >= 11 is 0. The van der Waals surface area contributed by atoms with Crippen molar-refractivity contribution in [2.45, 2.75) is 32.6 Å². The lowest BCUT2D eigenvalue weighted by Crippen LogP contribution is -2.31. The first-order valence-electron chi connectivity index (χ1n) is 10.2. The van der Waals surface area contributed by atoms with Crippen molar-refractivity contribution in [3.05, 3.63) is 70.9 Å². The fourth-order valence-electron chi connectivity index (χ4n) is 3.43. The Labute approximate surface area is 183 Å². The highest BCUT2D eigenvalue weighted by Gasteiger charge is 2.23. The van der Waals surface area contributed by atoms with Crippen LogP contribution in [-0.4, -0.2) is 28.3 Å². The monoisotopic (exact) mass is 439 g/mol. The third-order valence-corrected chi connectivity index (χ3v) is 5.16. The number of halogens is 2. The second kappa shape index (κ2) is 8.07. The van der Waals surface area contributed by atoms with Crippen LogP contribution in [0.5, 0.6) is 0 Å². The predicted molar refractivity (Wildman–Crippen MR) is 117 cm³/mol. The average molecular weight is 439 g/mol. The Morgan fingerprint density at radius 2 is 1.88 bits per heavy atom. The van der Waals surface area contributed by atoms with Gasteiger partial charge in [-0.15, -0.1) is 0 Å². The molecule has 3 aromatic rings. The van der Waals surface area contributed by atoms with Gasteiger partial charge in [0, 0.05) is 29.7 Å². The molecule has 0 unspecified atom stereocenters. The normalized spacial score (nSPS) is 13.3. The molecule has 3 N–H and O–H groups in total. The number of hydrogen-bond acceptors (Lipinski definition) is 3. The molecule has 0 spiro atoms. The molecular formula is C23H23F2N5O2. The first kappa shape index (κ1) is 21.5. The maximum absolute atomic E-state index is 13.9. The molecule has 7 nitrogen and oxygen atoms in total. The van der Waals surface area contributed by atoms with Crippen LogP contribution in [-0.2, 0) is 11.8 Å². The molecule has 1 aliphatic heterocycles. The van der Waals surface area contributed by atoms with Crippen molar-refractivity contribution in [1.82, 2.24) is 15.1 Å². The number of rotatable bonds is 3. The van der Waals surface area contributed by atoms with Crippen LogP contribution in [0.2, 0.25) is 0 Å². The minimum absolute atomic E-state index is 0.156. The summed E-state index contributed by atoms with van der Waals surface area (Å²) in [5, 5.41) is 12.5. The summed E-state index contributed by atoms with van der Waals surface area (Å²) in [6, 6.07) is 9.33. The van der Waals surface area contributed by atoms with E-state index in [0.29, 0.717) is 35.4 Å². The molecule has 0 saturated heterocycles. The first-order valence-corrected chi connectivity index (χ1v) is 10.2. The van der Waals surface area contributed by atoms with E-state index in [1.165, 1.54) is 4.68 Å². The van der Waals surface area contributed by atoms with Crippen molar-refractivity contribution in [2.75, 3.05) is 17.2 Å². The number of carbonyl (C=O) groups excluding carboxylic acids is 2. The summed E-state index contributed by atoms with van der Waals surface area (Å²) in [7, 11) is 0. The van der Waals surface area contributed by atoms with E-state index in [0.717, 1.165) is 24.1 Å². The number of benzene rings is 2. The number of amides is 3. The molecule has 9 heteroatoms. The molecular weight excluding hydrogens is 416 g/mol. The third-order valence-electron chi connectivity index (χ3n) is 5.16. The van der Waals surface area contributed by atoms with Crippen LogP contribution < -0.4 is 16.0 Å². The largest absolute Gasteiger partial charge is 0.352 e. The van der Waals surface area contributed by atoms with Crippen molar-refractivity contribution in [1.29, 1.82) is 0 Å². The Hall–Kier alpha value is -3.75. The van der Waals surface area contributed by atoms with Crippen LogP contribution in [0.3, 0.4) is 0 Å². The Morgan fingerprint density at radius 1 is 1.09 bits per heavy atom. The Balaban J connectivity index is 1.68. The van der Waals surface area contributed by atoms with E-state index in [1.807, 2.05) is 32.9 Å². The summed E-state index contributed by atoms with van der Waals surface area (Å²) in [5.74, 6) is -1.44. The lowest BCUT2D eigenvalue weighted by atomic mass is 9.92. The molecule has 0 atom stereocenters. The SMILES string of the molecule is CC(C)(C)c1cc(NC(=O)Nc2ccc(F)cc2F)n(-c2ccc3c(c2)C(=O)NCC3)n1. The zero-order valence-electron chi connectivity index (χ0n) is 17.9. The third kappa shape index (κ3) is 4.32. The van der Waals surface area contributed by atoms with E-state index < -0.39 is 17.7 Å². The number of fused-ring (bicyclic) bond motifs is 1. The second-order valence-electron chi connectivity index (χ2n) is 8.63. The minimum Gasteiger partial charge on any atom is -0.352 e. The van der Waals surface area contributed by atoms with Crippen LogP contribution >= 0.6 is 0 Å². The fraction of sp³-hybridized carbons (Fsp3) is 0.261. The molecule has 32 heavy (non-hydrogen) atoms. The molecule has 2 aromatic carbocycles. The van der Waals surface area contributed by atoms with Gasteiger partial charge in [0.1, 0.15) is 17.5 Å². The van der Waals surface area contributed by atoms with E-state index in [2.05, 4.69) is 21.0 Å². The van der Waals surface area contributed by atoms with Crippen molar-refractivity contribution < 1.29 is 18.4 Å². The van der Waals surface area contributed by atoms with E-state index >= 15 is 0 Å². The Bertz CT molecular complexity index is 1210. The highest BCUT2D eigenvalue weighted by atomic mass is 19.1. The predicted octanol–water partition coefficient (Wildman–Crippen LogP) is 4.38. The van der Waals surface area contributed by atoms with Crippen molar-refractivity contribution >= 4 is 23.4 Å². The summed E-state index contributed by atoms with van der Waals surface area (Å²) in [5.41, 5.74) is 2.34. The molecule has 166 valence electrons. The van der Waals surface area contributed by atoms with Crippen LogP contribution in [0.15, 0.2) is 42.5 Å². The number of nitrogens with zero attached hydrogens (tertiary/aromatic N) is 2. The van der Waals surface area contributed by atoms with Crippen LogP contribution in [0.1, 0.15) is 42.4 Å². The lowest BCUT2D eigenvalue weighted by molar-refractivity contribution is 0.0946. The number of aromatic nitrogens is 2. The number of carbonyl (C=O) groups is 2. The number of hydrogen-bond donors (Lipinski definition) is 3. The highest BCUT2D eigenvalue weighted by molar-refractivity contribution is 6.00. The molecule has 0 radical (unpaired) electrons. The van der Waals surface area contributed by atoms with Crippen LogP contribution in [0, 0.1) is 11.6 Å². The van der Waals surface area contributed by atoms with E-state index in [1.54, 1.807) is 12.1 Å². The fourth-order valence-corrected chi connectivity index (χ4v) is 3.43. The molecule has 0 bridgehead atoms. The molecule has 0 saturated carbocycles. The zero-order valence-corrected chi connectivity index (χ0v) is 17.9. The van der Waals surface area contributed by atoms with E-state index in [9.17, 15) is 18.4 Å². The van der Waals surface area contributed by atoms with Crippen molar-refractivity contribution in [3.8, 4) is 5.69 Å². The van der Waals surface area contributed by atoms with Crippen LogP contribution in [0.4, 0.5) is 25.1 Å². The minimum atomic E-state index is -0.885. The van der Waals surface area contributed by atoms with Gasteiger partial charge >= 0.3 is 6.03 Å². The highest BCUT2D eigenvalue weighted by Crippen LogP contribution is 2.28. The average Bonchev–Trinajstić information content (AvgIpc) is 3.14. The van der Waals surface area contributed by atoms with E-state index in [-0.39, 0.29) is 17.0 Å². The Morgan fingerprint density at radius 3 is 2.59 bits per heavy atom. The number of anilines is 2.